The molecule has 3 rings (SSSR count). The Labute approximate surface area is 135 Å². The Morgan fingerprint density at radius 2 is 2.04 bits per heavy atom. The minimum absolute atomic E-state index is 0.0573. The quantitative estimate of drug-likeness (QED) is 0.856. The molecule has 0 radical (unpaired) electrons. The zero-order chi connectivity index (χ0) is 16.1. The fourth-order valence-electron chi connectivity index (χ4n) is 3.00. The third-order valence-corrected chi connectivity index (χ3v) is 4.27. The predicted molar refractivity (Wildman–Crippen MR) is 86.4 cm³/mol. The number of nitrogens with zero attached hydrogens (tertiary/aromatic N) is 1. The minimum atomic E-state index is -0.0810. The average Bonchev–Trinajstić information content (AvgIpc) is 3.25. The molecule has 23 heavy (non-hydrogen) atoms. The van der Waals surface area contributed by atoms with Gasteiger partial charge in [-0.1, -0.05) is 24.3 Å². The van der Waals surface area contributed by atoms with Gasteiger partial charge < -0.3 is 14.8 Å². The molecule has 1 aromatic carbocycles. The van der Waals surface area contributed by atoms with Crippen LogP contribution in [0, 0.1) is 0 Å². The molecule has 1 atom stereocenters. The van der Waals surface area contributed by atoms with Crippen molar-refractivity contribution < 1.29 is 14.3 Å². The molecule has 1 unspecified atom stereocenters. The van der Waals surface area contributed by atoms with Crippen molar-refractivity contribution in [3.05, 3.63) is 59.5 Å². The van der Waals surface area contributed by atoms with Crippen LogP contribution < -0.4 is 5.32 Å². The number of hydrogen-bond donors (Lipinski definition) is 2. The molecule has 0 bridgehead atoms. The fraction of sp³-hybridized carbons (Fsp3) is 0.389. The number of rotatable bonds is 6. The van der Waals surface area contributed by atoms with Gasteiger partial charge in [0.15, 0.2) is 0 Å². The lowest BCUT2D eigenvalue weighted by molar-refractivity contribution is -0.125. The molecule has 1 aliphatic heterocycles. The predicted octanol–water partition coefficient (Wildman–Crippen LogP) is 2.05. The highest BCUT2D eigenvalue weighted by atomic mass is 16.3. The molecule has 2 heterocycles. The lowest BCUT2D eigenvalue weighted by atomic mass is 10.1. The highest BCUT2D eigenvalue weighted by Crippen LogP contribution is 2.20. The van der Waals surface area contributed by atoms with E-state index in [4.69, 9.17) is 9.52 Å². The van der Waals surface area contributed by atoms with Crippen molar-refractivity contribution in [1.29, 1.82) is 0 Å². The number of amides is 1. The summed E-state index contributed by atoms with van der Waals surface area (Å²) in [5, 5.41) is 12.0. The SMILES string of the molecule is O=C(NCc1ccco1)C1CCCN1Cc1ccc(CO)cc1. The summed E-state index contributed by atoms with van der Waals surface area (Å²) >= 11 is 0. The standard InChI is InChI=1S/C18H22N2O3/c21-13-15-7-5-14(6-8-15)12-20-9-1-4-17(20)18(22)19-11-16-3-2-10-23-16/h2-3,5-8,10,17,21H,1,4,9,11-13H2,(H,19,22). The van der Waals surface area contributed by atoms with Gasteiger partial charge in [-0.25, -0.2) is 0 Å². The Morgan fingerprint density at radius 1 is 1.26 bits per heavy atom. The van der Waals surface area contributed by atoms with Crippen molar-refractivity contribution in [2.45, 2.75) is 38.6 Å². The molecule has 122 valence electrons. The van der Waals surface area contributed by atoms with E-state index in [1.54, 1.807) is 6.26 Å². The van der Waals surface area contributed by atoms with Gasteiger partial charge in [0.25, 0.3) is 0 Å². The van der Waals surface area contributed by atoms with Gasteiger partial charge in [-0.2, -0.15) is 0 Å². The van der Waals surface area contributed by atoms with Gasteiger partial charge in [0.05, 0.1) is 25.5 Å². The molecule has 0 spiro atoms. The van der Waals surface area contributed by atoms with Gasteiger partial charge >= 0.3 is 0 Å². The molecule has 2 aromatic rings. The number of carbonyl (C=O) groups excluding carboxylic acids is 1. The second-order valence-electron chi connectivity index (χ2n) is 5.90. The van der Waals surface area contributed by atoms with Crippen molar-refractivity contribution in [3.63, 3.8) is 0 Å². The third kappa shape index (κ3) is 4.00. The maximum absolute atomic E-state index is 12.4. The number of furan rings is 1. The second-order valence-corrected chi connectivity index (χ2v) is 5.90. The Kier molecular flexibility index (Phi) is 5.10. The van der Waals surface area contributed by atoms with Crippen molar-refractivity contribution in [3.8, 4) is 0 Å². The number of carbonyl (C=O) groups is 1. The molecular weight excluding hydrogens is 292 g/mol. The van der Waals surface area contributed by atoms with Gasteiger partial charge in [-0.3, -0.25) is 9.69 Å². The van der Waals surface area contributed by atoms with E-state index in [0.29, 0.717) is 6.54 Å². The van der Waals surface area contributed by atoms with Gasteiger partial charge in [-0.15, -0.1) is 0 Å². The smallest absolute Gasteiger partial charge is 0.237 e. The number of aliphatic hydroxyl groups is 1. The van der Waals surface area contributed by atoms with Crippen LogP contribution in [0.5, 0.6) is 0 Å². The number of likely N-dealkylation sites (tertiary alicyclic amines) is 1. The zero-order valence-corrected chi connectivity index (χ0v) is 13.1. The maximum Gasteiger partial charge on any atom is 0.237 e. The normalized spacial score (nSPS) is 18.2. The molecule has 0 aliphatic carbocycles. The summed E-state index contributed by atoms with van der Waals surface area (Å²) in [7, 11) is 0. The van der Waals surface area contributed by atoms with Crippen LogP contribution in [0.25, 0.3) is 0 Å². The van der Waals surface area contributed by atoms with E-state index in [1.165, 1.54) is 0 Å². The van der Waals surface area contributed by atoms with Crippen molar-refractivity contribution in [1.82, 2.24) is 10.2 Å². The lowest BCUT2D eigenvalue weighted by Gasteiger charge is -2.23. The van der Waals surface area contributed by atoms with Crippen molar-refractivity contribution in [2.75, 3.05) is 6.54 Å². The summed E-state index contributed by atoms with van der Waals surface area (Å²) in [5.41, 5.74) is 2.07. The molecule has 1 aromatic heterocycles. The van der Waals surface area contributed by atoms with E-state index in [9.17, 15) is 4.79 Å². The summed E-state index contributed by atoms with van der Waals surface area (Å²) in [6, 6.07) is 11.5. The summed E-state index contributed by atoms with van der Waals surface area (Å²) < 4.78 is 5.24. The van der Waals surface area contributed by atoms with Crippen LogP contribution in [0.2, 0.25) is 0 Å². The highest BCUT2D eigenvalue weighted by Gasteiger charge is 2.30. The Bertz CT molecular complexity index is 622. The molecule has 5 nitrogen and oxygen atoms in total. The zero-order valence-electron chi connectivity index (χ0n) is 13.1. The van der Waals surface area contributed by atoms with Crippen molar-refractivity contribution in [2.24, 2.45) is 0 Å². The number of nitrogens with one attached hydrogen (secondary N) is 1. The Morgan fingerprint density at radius 3 is 2.74 bits per heavy atom. The Balaban J connectivity index is 1.56. The average molecular weight is 314 g/mol. The summed E-state index contributed by atoms with van der Waals surface area (Å²) in [6.45, 7) is 2.17. The number of hydrogen-bond acceptors (Lipinski definition) is 4. The van der Waals surface area contributed by atoms with Gasteiger partial charge in [0.2, 0.25) is 5.91 Å². The Hall–Kier alpha value is -2.11. The largest absolute Gasteiger partial charge is 0.467 e. The highest BCUT2D eigenvalue weighted by molar-refractivity contribution is 5.81. The third-order valence-electron chi connectivity index (χ3n) is 4.27. The lowest BCUT2D eigenvalue weighted by Crippen LogP contribution is -2.42. The molecule has 1 saturated heterocycles. The van der Waals surface area contributed by atoms with Gasteiger partial charge in [-0.05, 0) is 42.6 Å². The van der Waals surface area contributed by atoms with Crippen LogP contribution in [0.1, 0.15) is 29.7 Å². The molecule has 1 amide bonds. The topological polar surface area (TPSA) is 65.7 Å². The first-order valence-corrected chi connectivity index (χ1v) is 7.99. The number of aliphatic hydroxyl groups excluding tert-OH is 1. The van der Waals surface area contributed by atoms with Crippen LogP contribution in [-0.4, -0.2) is 28.5 Å². The number of benzene rings is 1. The van der Waals surface area contributed by atoms with E-state index in [-0.39, 0.29) is 18.6 Å². The van der Waals surface area contributed by atoms with E-state index < -0.39 is 0 Å². The van der Waals surface area contributed by atoms with E-state index in [0.717, 1.165) is 42.8 Å². The molecule has 1 aliphatic rings. The summed E-state index contributed by atoms with van der Waals surface area (Å²) in [4.78, 5) is 14.6. The molecule has 1 fully saturated rings. The first kappa shape index (κ1) is 15.8. The van der Waals surface area contributed by atoms with Crippen LogP contribution >= 0.6 is 0 Å². The molecule has 0 saturated carbocycles. The van der Waals surface area contributed by atoms with E-state index >= 15 is 0 Å². The summed E-state index contributed by atoms with van der Waals surface area (Å²) in [6.07, 6.45) is 3.53. The molecular formula is C18H22N2O3. The van der Waals surface area contributed by atoms with Crippen LogP contribution in [0.15, 0.2) is 47.1 Å². The van der Waals surface area contributed by atoms with E-state index in [1.807, 2.05) is 36.4 Å². The summed E-state index contributed by atoms with van der Waals surface area (Å²) in [5.74, 6) is 0.827. The monoisotopic (exact) mass is 314 g/mol. The first-order valence-electron chi connectivity index (χ1n) is 7.99. The van der Waals surface area contributed by atoms with E-state index in [2.05, 4.69) is 10.2 Å². The second kappa shape index (κ2) is 7.44. The first-order chi connectivity index (χ1) is 11.3. The molecule has 5 heteroatoms. The van der Waals surface area contributed by atoms with Crippen LogP contribution in [0.3, 0.4) is 0 Å². The minimum Gasteiger partial charge on any atom is -0.467 e. The van der Waals surface area contributed by atoms with Gasteiger partial charge in [0.1, 0.15) is 5.76 Å². The van der Waals surface area contributed by atoms with Crippen LogP contribution in [-0.2, 0) is 24.5 Å². The van der Waals surface area contributed by atoms with Gasteiger partial charge in [0, 0.05) is 6.54 Å². The maximum atomic E-state index is 12.4. The fourth-order valence-corrected chi connectivity index (χ4v) is 3.00. The molecule has 2 N–H and O–H groups in total. The van der Waals surface area contributed by atoms with Crippen molar-refractivity contribution >= 4 is 5.91 Å². The van der Waals surface area contributed by atoms with Crippen LogP contribution in [0.4, 0.5) is 0 Å².